The minimum atomic E-state index is -1.07. The van der Waals surface area contributed by atoms with Gasteiger partial charge in [0.25, 0.3) is 0 Å². The second kappa shape index (κ2) is 8.38. The summed E-state index contributed by atoms with van der Waals surface area (Å²) < 4.78 is 15.5. The van der Waals surface area contributed by atoms with E-state index >= 15 is 0 Å². The van der Waals surface area contributed by atoms with Gasteiger partial charge in [0.2, 0.25) is 0 Å². The predicted octanol–water partition coefficient (Wildman–Crippen LogP) is 3.95. The molecule has 2 fully saturated rings. The second-order valence-corrected chi connectivity index (χ2v) is 9.60. The van der Waals surface area contributed by atoms with Gasteiger partial charge in [0.05, 0.1) is 21.3 Å². The van der Waals surface area contributed by atoms with Crippen LogP contribution in [0.15, 0.2) is 18.7 Å². The topological polar surface area (TPSA) is 78.9 Å². The van der Waals surface area contributed by atoms with Crippen LogP contribution in [-0.2, 0) is 30.3 Å². The Morgan fingerprint density at radius 1 is 1.16 bits per heavy atom. The minimum absolute atomic E-state index is 0.0700. The molecular weight excluding hydrogens is 408 g/mol. The summed E-state index contributed by atoms with van der Waals surface area (Å²) in [5.41, 5.74) is 2.99. The molecule has 6 nitrogen and oxygen atoms in total. The van der Waals surface area contributed by atoms with E-state index in [1.807, 2.05) is 13.0 Å². The van der Waals surface area contributed by atoms with Crippen molar-refractivity contribution in [2.24, 2.45) is 29.1 Å². The average molecular weight is 441 g/mol. The highest BCUT2D eigenvalue weighted by Gasteiger charge is 2.62. The van der Waals surface area contributed by atoms with Gasteiger partial charge in [-0.05, 0) is 72.6 Å². The molecular formula is C26H32O6. The molecule has 0 spiro atoms. The van der Waals surface area contributed by atoms with Crippen LogP contribution in [0.1, 0.15) is 55.2 Å². The van der Waals surface area contributed by atoms with Crippen molar-refractivity contribution in [3.8, 4) is 5.75 Å². The van der Waals surface area contributed by atoms with E-state index in [1.165, 1.54) is 25.3 Å². The van der Waals surface area contributed by atoms with Crippen LogP contribution in [0.2, 0.25) is 0 Å². The first-order valence-corrected chi connectivity index (χ1v) is 11.3. The summed E-state index contributed by atoms with van der Waals surface area (Å²) in [6.45, 7) is 5.96. The number of esters is 2. The number of benzene rings is 1. The third kappa shape index (κ3) is 3.26. The maximum absolute atomic E-state index is 13.2. The Balaban J connectivity index is 1.78. The highest BCUT2D eigenvalue weighted by Crippen LogP contribution is 2.63. The summed E-state index contributed by atoms with van der Waals surface area (Å²) in [7, 11) is 4.22. The minimum Gasteiger partial charge on any atom is -0.496 e. The maximum atomic E-state index is 13.2. The molecule has 32 heavy (non-hydrogen) atoms. The van der Waals surface area contributed by atoms with Crippen molar-refractivity contribution in [3.05, 3.63) is 35.4 Å². The number of carbonyl (C=O) groups excluding carboxylic acids is 3. The molecule has 0 saturated heterocycles. The summed E-state index contributed by atoms with van der Waals surface area (Å²) in [6, 6.07) is 4.28. The quantitative estimate of drug-likeness (QED) is 0.510. The number of aryl methyl sites for hydroxylation is 1. The van der Waals surface area contributed by atoms with Gasteiger partial charge in [-0.15, -0.1) is 0 Å². The number of hydrogen-bond acceptors (Lipinski definition) is 6. The Hall–Kier alpha value is -2.63. The van der Waals surface area contributed by atoms with Crippen LogP contribution < -0.4 is 4.74 Å². The number of methoxy groups -OCH3 is 3. The fraction of sp³-hybridized carbons (Fsp3) is 0.577. The first-order valence-electron chi connectivity index (χ1n) is 11.3. The monoisotopic (exact) mass is 440 g/mol. The van der Waals surface area contributed by atoms with Crippen LogP contribution in [0.3, 0.4) is 0 Å². The van der Waals surface area contributed by atoms with E-state index in [4.69, 9.17) is 14.2 Å². The van der Waals surface area contributed by atoms with E-state index in [9.17, 15) is 14.4 Å². The molecule has 6 heteroatoms. The van der Waals surface area contributed by atoms with Gasteiger partial charge in [-0.25, -0.2) is 0 Å². The van der Waals surface area contributed by atoms with E-state index in [0.29, 0.717) is 0 Å². The summed E-state index contributed by atoms with van der Waals surface area (Å²) in [5, 5.41) is 0. The van der Waals surface area contributed by atoms with Gasteiger partial charge in [-0.2, -0.15) is 0 Å². The standard InChI is InChI=1S/C26H32O6/c1-6-14-11-18-15(12-20(14)30-3)7-8-17-16(18)9-10-26(2)21(27)13-19(23(17)26)22(24(28)31-4)25(29)32-5/h6,11-12,16-17,19,22-23H,1,7-10,13H2,2-5H3/t16-,17+,19+,23+,26+/m0/s1. The van der Waals surface area contributed by atoms with Crippen LogP contribution in [0, 0.1) is 29.1 Å². The van der Waals surface area contributed by atoms with Crippen molar-refractivity contribution in [2.45, 2.75) is 44.9 Å². The van der Waals surface area contributed by atoms with Gasteiger partial charge < -0.3 is 14.2 Å². The number of fused-ring (bicyclic) bond motifs is 5. The summed E-state index contributed by atoms with van der Waals surface area (Å²) >= 11 is 0. The molecule has 0 radical (unpaired) electrons. The van der Waals surface area contributed by atoms with Gasteiger partial charge in [0.15, 0.2) is 5.92 Å². The molecule has 0 N–H and O–H groups in total. The van der Waals surface area contributed by atoms with Crippen LogP contribution in [0.4, 0.5) is 0 Å². The van der Waals surface area contributed by atoms with E-state index in [1.54, 1.807) is 7.11 Å². The largest absolute Gasteiger partial charge is 0.496 e. The molecule has 0 amide bonds. The Morgan fingerprint density at radius 2 is 1.84 bits per heavy atom. The number of ether oxygens (including phenoxy) is 3. The lowest BCUT2D eigenvalue weighted by molar-refractivity contribution is -0.164. The van der Waals surface area contributed by atoms with E-state index in [2.05, 4.69) is 18.7 Å². The van der Waals surface area contributed by atoms with E-state index in [-0.39, 0.29) is 30.0 Å². The van der Waals surface area contributed by atoms with Crippen molar-refractivity contribution in [1.29, 1.82) is 0 Å². The molecule has 1 aromatic rings. The Morgan fingerprint density at radius 3 is 2.44 bits per heavy atom. The first-order chi connectivity index (χ1) is 15.3. The van der Waals surface area contributed by atoms with Crippen molar-refractivity contribution >= 4 is 23.8 Å². The zero-order valence-corrected chi connectivity index (χ0v) is 19.3. The van der Waals surface area contributed by atoms with Crippen LogP contribution >= 0.6 is 0 Å². The SMILES string of the molecule is C=Cc1cc2c(cc1OC)CC[C@H]1[C@@H]3[C@@H](C(C(=O)OC)C(=O)OC)CC(=O)[C@@]3(C)CC[C@H]21. The van der Waals surface area contributed by atoms with Crippen molar-refractivity contribution < 1.29 is 28.6 Å². The van der Waals surface area contributed by atoms with Gasteiger partial charge in [0.1, 0.15) is 11.5 Å². The summed E-state index contributed by atoms with van der Waals surface area (Å²) in [5.74, 6) is -1.32. The first kappa shape index (κ1) is 22.6. The Bertz CT molecular complexity index is 949. The van der Waals surface area contributed by atoms with Crippen molar-refractivity contribution in [1.82, 2.24) is 0 Å². The fourth-order valence-electron chi connectivity index (χ4n) is 6.92. The highest BCUT2D eigenvalue weighted by atomic mass is 16.5. The third-order valence-corrected chi connectivity index (χ3v) is 8.40. The number of carbonyl (C=O) groups is 3. The molecule has 0 aromatic heterocycles. The predicted molar refractivity (Wildman–Crippen MR) is 119 cm³/mol. The van der Waals surface area contributed by atoms with E-state index < -0.39 is 29.2 Å². The Kier molecular flexibility index (Phi) is 5.91. The molecule has 5 atom stereocenters. The number of ketones is 1. The molecule has 3 aliphatic carbocycles. The van der Waals surface area contributed by atoms with Crippen LogP contribution in [0.5, 0.6) is 5.75 Å². The van der Waals surface area contributed by atoms with Gasteiger partial charge in [-0.1, -0.05) is 19.6 Å². The Labute approximate surface area is 189 Å². The van der Waals surface area contributed by atoms with Gasteiger partial charge >= 0.3 is 11.9 Å². The lowest BCUT2D eigenvalue weighted by Crippen LogP contribution is -2.47. The molecule has 4 rings (SSSR count). The molecule has 1 aromatic carbocycles. The average Bonchev–Trinajstić information content (AvgIpc) is 3.07. The summed E-state index contributed by atoms with van der Waals surface area (Å²) in [4.78, 5) is 38.5. The smallest absolute Gasteiger partial charge is 0.320 e. The molecule has 0 heterocycles. The normalized spacial score (nSPS) is 30.7. The second-order valence-electron chi connectivity index (χ2n) is 9.60. The lowest BCUT2D eigenvalue weighted by atomic mass is 9.53. The van der Waals surface area contributed by atoms with E-state index in [0.717, 1.165) is 37.0 Å². The number of Topliss-reactive ketones (excluding diaryl/α,β-unsaturated/α-hetero) is 1. The fourth-order valence-corrected chi connectivity index (χ4v) is 6.92. The molecule has 2 saturated carbocycles. The third-order valence-electron chi connectivity index (χ3n) is 8.40. The molecule has 172 valence electrons. The van der Waals surface area contributed by atoms with Crippen LogP contribution in [-0.4, -0.2) is 39.1 Å². The van der Waals surface area contributed by atoms with Gasteiger partial charge in [0, 0.05) is 17.4 Å². The van der Waals surface area contributed by atoms with Gasteiger partial charge in [-0.3, -0.25) is 14.4 Å². The van der Waals surface area contributed by atoms with Crippen molar-refractivity contribution in [2.75, 3.05) is 21.3 Å². The lowest BCUT2D eigenvalue weighted by Gasteiger charge is -2.50. The molecule has 0 unspecified atom stereocenters. The zero-order valence-electron chi connectivity index (χ0n) is 19.3. The zero-order chi connectivity index (χ0) is 23.2. The maximum Gasteiger partial charge on any atom is 0.320 e. The molecule has 3 aliphatic rings. The highest BCUT2D eigenvalue weighted by molar-refractivity contribution is 5.97. The number of rotatable bonds is 5. The molecule has 0 aliphatic heterocycles. The summed E-state index contributed by atoms with van der Waals surface area (Å²) in [6.07, 6.45) is 5.46. The number of hydrogen-bond donors (Lipinski definition) is 0. The van der Waals surface area contributed by atoms with Crippen molar-refractivity contribution in [3.63, 3.8) is 0 Å². The molecule has 0 bridgehead atoms. The van der Waals surface area contributed by atoms with Crippen LogP contribution in [0.25, 0.3) is 6.08 Å².